The second kappa shape index (κ2) is 5.36. The van der Waals surface area contributed by atoms with Crippen LogP contribution in [0.3, 0.4) is 0 Å². The maximum atomic E-state index is 10.9. The Kier molecular flexibility index (Phi) is 4.78. The van der Waals surface area contributed by atoms with Crippen molar-refractivity contribution in [3.63, 3.8) is 0 Å². The van der Waals surface area contributed by atoms with Crippen LogP contribution in [0.2, 0.25) is 0 Å². The smallest absolute Gasteiger partial charge is 0.334 e. The number of esters is 1. The van der Waals surface area contributed by atoms with Crippen molar-refractivity contribution in [1.29, 1.82) is 5.26 Å². The molecule has 3 nitrogen and oxygen atoms in total. The molecule has 0 aliphatic rings. The summed E-state index contributed by atoms with van der Waals surface area (Å²) in [6.45, 7) is 5.47. The molecule has 0 heterocycles. The predicted octanol–water partition coefficient (Wildman–Crippen LogP) is 1.66. The van der Waals surface area contributed by atoms with Gasteiger partial charge in [0.05, 0.1) is 19.1 Å². The van der Waals surface area contributed by atoms with Crippen molar-refractivity contribution >= 4 is 5.97 Å². The first kappa shape index (κ1) is 10.7. The molecular weight excluding hydrogens is 154 g/mol. The van der Waals surface area contributed by atoms with Gasteiger partial charge in [-0.15, -0.1) is 0 Å². The van der Waals surface area contributed by atoms with Crippen LogP contribution in [0.15, 0.2) is 12.2 Å². The first-order valence-electron chi connectivity index (χ1n) is 3.84. The number of nitrogens with zero attached hydrogens (tertiary/aromatic N) is 1. The SMILES string of the molecule is C=C(C(=O)OC)C(C#N)CCC. The fourth-order valence-corrected chi connectivity index (χ4v) is 0.879. The lowest BCUT2D eigenvalue weighted by Crippen LogP contribution is -2.12. The standard InChI is InChI=1S/C9H13NO2/c1-4-5-8(6-10)7(2)9(11)12-3/h8H,2,4-5H2,1,3H3. The zero-order chi connectivity index (χ0) is 9.56. The van der Waals surface area contributed by atoms with Gasteiger partial charge in [0.2, 0.25) is 0 Å². The second-order valence-electron chi connectivity index (χ2n) is 2.49. The van der Waals surface area contributed by atoms with Gasteiger partial charge in [-0.3, -0.25) is 0 Å². The fourth-order valence-electron chi connectivity index (χ4n) is 0.879. The monoisotopic (exact) mass is 167 g/mol. The van der Waals surface area contributed by atoms with Crippen molar-refractivity contribution in [3.05, 3.63) is 12.2 Å². The highest BCUT2D eigenvalue weighted by molar-refractivity contribution is 5.88. The summed E-state index contributed by atoms with van der Waals surface area (Å²) in [6.07, 6.45) is 1.51. The molecule has 0 saturated carbocycles. The molecule has 0 aliphatic carbocycles. The molecule has 0 aromatic rings. The molecule has 0 N–H and O–H groups in total. The Morgan fingerprint density at radius 2 is 2.33 bits per heavy atom. The first-order valence-corrected chi connectivity index (χ1v) is 3.84. The van der Waals surface area contributed by atoms with E-state index in [2.05, 4.69) is 11.3 Å². The van der Waals surface area contributed by atoms with Crippen LogP contribution in [0.25, 0.3) is 0 Å². The number of methoxy groups -OCH3 is 1. The van der Waals surface area contributed by atoms with E-state index in [4.69, 9.17) is 5.26 Å². The second-order valence-corrected chi connectivity index (χ2v) is 2.49. The van der Waals surface area contributed by atoms with E-state index in [9.17, 15) is 4.79 Å². The van der Waals surface area contributed by atoms with Crippen LogP contribution in [0.5, 0.6) is 0 Å². The van der Waals surface area contributed by atoms with Crippen molar-refractivity contribution in [3.8, 4) is 6.07 Å². The van der Waals surface area contributed by atoms with Crippen LogP contribution in [0.1, 0.15) is 19.8 Å². The fraction of sp³-hybridized carbons (Fsp3) is 0.556. The Balaban J connectivity index is 4.24. The van der Waals surface area contributed by atoms with Gasteiger partial charge < -0.3 is 4.74 Å². The lowest BCUT2D eigenvalue weighted by Gasteiger charge is -2.07. The van der Waals surface area contributed by atoms with Crippen molar-refractivity contribution in [2.45, 2.75) is 19.8 Å². The van der Waals surface area contributed by atoms with E-state index in [0.717, 1.165) is 6.42 Å². The molecule has 0 spiro atoms. The van der Waals surface area contributed by atoms with E-state index < -0.39 is 11.9 Å². The summed E-state index contributed by atoms with van der Waals surface area (Å²) in [5.74, 6) is -0.891. The molecule has 0 fully saturated rings. The number of carbonyl (C=O) groups excluding carboxylic acids is 1. The van der Waals surface area contributed by atoms with Gasteiger partial charge in [0, 0.05) is 5.57 Å². The Labute approximate surface area is 72.6 Å². The molecule has 1 unspecified atom stereocenters. The van der Waals surface area contributed by atoms with Crippen LogP contribution >= 0.6 is 0 Å². The molecule has 12 heavy (non-hydrogen) atoms. The molecule has 0 rings (SSSR count). The van der Waals surface area contributed by atoms with Crippen molar-refractivity contribution in [1.82, 2.24) is 0 Å². The van der Waals surface area contributed by atoms with Gasteiger partial charge in [-0.05, 0) is 6.42 Å². The van der Waals surface area contributed by atoms with Crippen LogP contribution in [0, 0.1) is 17.2 Å². The van der Waals surface area contributed by atoms with E-state index >= 15 is 0 Å². The van der Waals surface area contributed by atoms with E-state index in [0.29, 0.717) is 6.42 Å². The number of rotatable bonds is 4. The van der Waals surface area contributed by atoms with Gasteiger partial charge in [0.15, 0.2) is 0 Å². The first-order chi connectivity index (χ1) is 5.67. The summed E-state index contributed by atoms with van der Waals surface area (Å²) in [6, 6.07) is 2.02. The number of hydrogen-bond donors (Lipinski definition) is 0. The minimum atomic E-state index is -0.491. The lowest BCUT2D eigenvalue weighted by atomic mass is 9.97. The molecule has 1 atom stereocenters. The summed E-state index contributed by atoms with van der Waals surface area (Å²) in [5.41, 5.74) is 0.252. The third-order valence-electron chi connectivity index (χ3n) is 1.60. The molecule has 0 aromatic carbocycles. The summed E-state index contributed by atoms with van der Waals surface area (Å²) in [7, 11) is 1.29. The van der Waals surface area contributed by atoms with Gasteiger partial charge in [-0.1, -0.05) is 19.9 Å². The van der Waals surface area contributed by atoms with Gasteiger partial charge in [0.25, 0.3) is 0 Å². The molecule has 0 radical (unpaired) electrons. The van der Waals surface area contributed by atoms with Gasteiger partial charge in [-0.25, -0.2) is 4.79 Å². The summed E-state index contributed by atoms with van der Waals surface area (Å²) >= 11 is 0. The van der Waals surface area contributed by atoms with E-state index in [-0.39, 0.29) is 5.57 Å². The minimum Gasteiger partial charge on any atom is -0.466 e. The average molecular weight is 167 g/mol. The Hall–Kier alpha value is -1.30. The quantitative estimate of drug-likeness (QED) is 0.472. The van der Waals surface area contributed by atoms with Crippen molar-refractivity contribution < 1.29 is 9.53 Å². The summed E-state index contributed by atoms with van der Waals surface area (Å²) in [4.78, 5) is 10.9. The topological polar surface area (TPSA) is 50.1 Å². The van der Waals surface area contributed by atoms with E-state index in [1.807, 2.05) is 13.0 Å². The van der Waals surface area contributed by atoms with Gasteiger partial charge >= 0.3 is 5.97 Å². The summed E-state index contributed by atoms with van der Waals surface area (Å²) in [5, 5.41) is 8.65. The third kappa shape index (κ3) is 2.75. The highest BCUT2D eigenvalue weighted by Gasteiger charge is 2.17. The van der Waals surface area contributed by atoms with Gasteiger partial charge in [-0.2, -0.15) is 5.26 Å². The summed E-state index contributed by atoms with van der Waals surface area (Å²) < 4.78 is 4.45. The van der Waals surface area contributed by atoms with Crippen LogP contribution in [-0.2, 0) is 9.53 Å². The normalized spacial score (nSPS) is 11.4. The molecule has 0 saturated heterocycles. The highest BCUT2D eigenvalue weighted by atomic mass is 16.5. The highest BCUT2D eigenvalue weighted by Crippen LogP contribution is 2.15. The molecule has 0 bridgehead atoms. The molecule has 0 amide bonds. The maximum absolute atomic E-state index is 10.9. The Morgan fingerprint density at radius 3 is 2.67 bits per heavy atom. The van der Waals surface area contributed by atoms with E-state index in [1.54, 1.807) is 0 Å². The van der Waals surface area contributed by atoms with E-state index in [1.165, 1.54) is 7.11 Å². The van der Waals surface area contributed by atoms with Crippen LogP contribution in [-0.4, -0.2) is 13.1 Å². The van der Waals surface area contributed by atoms with Gasteiger partial charge in [0.1, 0.15) is 0 Å². The molecule has 0 aliphatic heterocycles. The molecular formula is C9H13NO2. The number of hydrogen-bond acceptors (Lipinski definition) is 3. The Morgan fingerprint density at radius 1 is 1.75 bits per heavy atom. The van der Waals surface area contributed by atoms with Crippen molar-refractivity contribution in [2.24, 2.45) is 5.92 Å². The third-order valence-corrected chi connectivity index (χ3v) is 1.60. The predicted molar refractivity (Wildman–Crippen MR) is 45.2 cm³/mol. The van der Waals surface area contributed by atoms with Crippen LogP contribution in [0.4, 0.5) is 0 Å². The molecule has 66 valence electrons. The number of nitriles is 1. The number of ether oxygens (including phenoxy) is 1. The largest absolute Gasteiger partial charge is 0.466 e. The zero-order valence-corrected chi connectivity index (χ0v) is 7.46. The average Bonchev–Trinajstić information content (AvgIpc) is 2.11. The molecule has 0 aromatic heterocycles. The van der Waals surface area contributed by atoms with Crippen LogP contribution < -0.4 is 0 Å². The van der Waals surface area contributed by atoms with Crippen molar-refractivity contribution in [2.75, 3.05) is 7.11 Å². The maximum Gasteiger partial charge on any atom is 0.334 e. The number of carbonyl (C=O) groups is 1. The minimum absolute atomic E-state index is 0.252. The lowest BCUT2D eigenvalue weighted by molar-refractivity contribution is -0.136. The Bertz CT molecular complexity index is 215. The molecule has 3 heteroatoms. The zero-order valence-electron chi connectivity index (χ0n) is 7.46.